The summed E-state index contributed by atoms with van der Waals surface area (Å²) in [6, 6.07) is 9.95. The summed E-state index contributed by atoms with van der Waals surface area (Å²) < 4.78 is 11.5. The molecule has 0 spiro atoms. The van der Waals surface area contributed by atoms with Crippen LogP contribution < -0.4 is 4.74 Å². The van der Waals surface area contributed by atoms with Gasteiger partial charge in [-0.2, -0.15) is 0 Å². The Morgan fingerprint density at radius 2 is 2.05 bits per heavy atom. The van der Waals surface area contributed by atoms with Crippen LogP contribution in [0.2, 0.25) is 0 Å². The number of nitrogens with zero attached hydrogens (tertiary/aromatic N) is 1. The van der Waals surface area contributed by atoms with E-state index in [0.29, 0.717) is 5.88 Å². The second-order valence-electron chi connectivity index (χ2n) is 4.69. The molecule has 0 radical (unpaired) electrons. The smallest absolute Gasteiger partial charge is 0.130 e. The van der Waals surface area contributed by atoms with Crippen LogP contribution in [0.1, 0.15) is 18.5 Å². The zero-order valence-electron chi connectivity index (χ0n) is 10.6. The highest BCUT2D eigenvalue weighted by Gasteiger charge is 2.17. The molecule has 1 aromatic heterocycles. The van der Waals surface area contributed by atoms with E-state index >= 15 is 0 Å². The van der Waals surface area contributed by atoms with Gasteiger partial charge in [0.1, 0.15) is 11.9 Å². The Morgan fingerprint density at radius 3 is 2.84 bits per heavy atom. The van der Waals surface area contributed by atoms with E-state index in [0.717, 1.165) is 48.4 Å². The number of ether oxygens (including phenoxy) is 2. The van der Waals surface area contributed by atoms with Crippen LogP contribution in [0, 0.1) is 0 Å². The maximum absolute atomic E-state index is 6.13. The SMILES string of the molecule is ClCc1cc(OC2CCOCC2)c2ccccc2n1. The molecule has 1 aromatic carbocycles. The van der Waals surface area contributed by atoms with Crippen molar-refractivity contribution in [2.24, 2.45) is 0 Å². The van der Waals surface area contributed by atoms with Crippen molar-refractivity contribution in [3.05, 3.63) is 36.0 Å². The first-order chi connectivity index (χ1) is 9.36. The summed E-state index contributed by atoms with van der Waals surface area (Å²) in [6.07, 6.45) is 2.10. The molecule has 2 aromatic rings. The van der Waals surface area contributed by atoms with Crippen LogP contribution in [0.5, 0.6) is 5.75 Å². The van der Waals surface area contributed by atoms with E-state index in [2.05, 4.69) is 4.98 Å². The third-order valence-electron chi connectivity index (χ3n) is 3.33. The Kier molecular flexibility index (Phi) is 3.85. The standard InChI is InChI=1S/C15H16ClNO2/c16-10-11-9-15(19-12-5-7-18-8-6-12)13-3-1-2-4-14(13)17-11/h1-4,9,12H,5-8,10H2. The molecule has 0 N–H and O–H groups in total. The number of hydrogen-bond acceptors (Lipinski definition) is 3. The van der Waals surface area contributed by atoms with E-state index in [1.165, 1.54) is 0 Å². The first-order valence-electron chi connectivity index (χ1n) is 6.56. The van der Waals surface area contributed by atoms with Gasteiger partial charge in [0, 0.05) is 24.3 Å². The molecule has 1 saturated heterocycles. The molecule has 0 atom stereocenters. The number of benzene rings is 1. The lowest BCUT2D eigenvalue weighted by Crippen LogP contribution is -2.26. The fourth-order valence-corrected chi connectivity index (χ4v) is 2.47. The normalized spacial score (nSPS) is 16.7. The Morgan fingerprint density at radius 1 is 1.26 bits per heavy atom. The molecule has 0 amide bonds. The summed E-state index contributed by atoms with van der Waals surface area (Å²) in [5, 5.41) is 1.04. The third kappa shape index (κ3) is 2.82. The molecular weight excluding hydrogens is 262 g/mol. The van der Waals surface area contributed by atoms with Gasteiger partial charge in [0.2, 0.25) is 0 Å². The molecule has 0 bridgehead atoms. The van der Waals surface area contributed by atoms with E-state index in [1.807, 2.05) is 30.3 Å². The van der Waals surface area contributed by atoms with Gasteiger partial charge in [0.25, 0.3) is 0 Å². The van der Waals surface area contributed by atoms with Crippen LogP contribution in [0.3, 0.4) is 0 Å². The molecule has 4 heteroatoms. The van der Waals surface area contributed by atoms with Gasteiger partial charge in [0.05, 0.1) is 30.3 Å². The number of hydrogen-bond donors (Lipinski definition) is 0. The van der Waals surface area contributed by atoms with Crippen LogP contribution in [0.15, 0.2) is 30.3 Å². The number of para-hydroxylation sites is 1. The first-order valence-corrected chi connectivity index (χ1v) is 7.09. The molecule has 0 saturated carbocycles. The van der Waals surface area contributed by atoms with Gasteiger partial charge < -0.3 is 9.47 Å². The molecule has 1 aliphatic rings. The highest BCUT2D eigenvalue weighted by atomic mass is 35.5. The van der Waals surface area contributed by atoms with Crippen molar-refractivity contribution in [2.45, 2.75) is 24.8 Å². The molecule has 19 heavy (non-hydrogen) atoms. The predicted octanol–water partition coefficient (Wildman–Crippen LogP) is 3.53. The molecule has 1 aliphatic heterocycles. The van der Waals surface area contributed by atoms with Crippen molar-refractivity contribution in [3.63, 3.8) is 0 Å². The monoisotopic (exact) mass is 277 g/mol. The maximum Gasteiger partial charge on any atom is 0.130 e. The van der Waals surface area contributed by atoms with E-state index in [4.69, 9.17) is 21.1 Å². The Hall–Kier alpha value is -1.32. The molecular formula is C15H16ClNO2. The minimum absolute atomic E-state index is 0.225. The Balaban J connectivity index is 1.95. The molecule has 3 rings (SSSR count). The van der Waals surface area contributed by atoms with E-state index < -0.39 is 0 Å². The summed E-state index contributed by atoms with van der Waals surface area (Å²) in [6.45, 7) is 1.55. The highest BCUT2D eigenvalue weighted by molar-refractivity contribution is 6.17. The molecule has 2 heterocycles. The largest absolute Gasteiger partial charge is 0.489 e. The summed E-state index contributed by atoms with van der Waals surface area (Å²) in [4.78, 5) is 4.51. The van der Waals surface area contributed by atoms with E-state index in [9.17, 15) is 0 Å². The van der Waals surface area contributed by atoms with Crippen LogP contribution in [0.4, 0.5) is 0 Å². The number of fused-ring (bicyclic) bond motifs is 1. The lowest BCUT2D eigenvalue weighted by Gasteiger charge is -2.24. The average Bonchev–Trinajstić information content (AvgIpc) is 2.48. The molecule has 1 fully saturated rings. The maximum atomic E-state index is 6.13. The molecule has 0 aliphatic carbocycles. The van der Waals surface area contributed by atoms with Gasteiger partial charge >= 0.3 is 0 Å². The number of pyridine rings is 1. The zero-order valence-corrected chi connectivity index (χ0v) is 11.4. The van der Waals surface area contributed by atoms with Crippen LogP contribution in [-0.2, 0) is 10.6 Å². The average molecular weight is 278 g/mol. The van der Waals surface area contributed by atoms with Crippen molar-refractivity contribution < 1.29 is 9.47 Å². The van der Waals surface area contributed by atoms with Crippen LogP contribution in [0.25, 0.3) is 10.9 Å². The van der Waals surface area contributed by atoms with Crippen molar-refractivity contribution in [2.75, 3.05) is 13.2 Å². The van der Waals surface area contributed by atoms with Gasteiger partial charge in [-0.25, -0.2) is 0 Å². The van der Waals surface area contributed by atoms with Crippen LogP contribution in [-0.4, -0.2) is 24.3 Å². The Bertz CT molecular complexity index is 567. The Labute approximate surface area is 117 Å². The minimum Gasteiger partial charge on any atom is -0.489 e. The second-order valence-corrected chi connectivity index (χ2v) is 4.96. The lowest BCUT2D eigenvalue weighted by atomic mass is 10.1. The van der Waals surface area contributed by atoms with Crippen molar-refractivity contribution in [1.29, 1.82) is 0 Å². The molecule has 3 nitrogen and oxygen atoms in total. The fraction of sp³-hybridized carbons (Fsp3) is 0.400. The summed E-state index contributed by atoms with van der Waals surface area (Å²) >= 11 is 5.90. The van der Waals surface area contributed by atoms with E-state index in [-0.39, 0.29) is 6.10 Å². The lowest BCUT2D eigenvalue weighted by molar-refractivity contribution is 0.0261. The minimum atomic E-state index is 0.225. The number of halogens is 1. The van der Waals surface area contributed by atoms with Crippen molar-refractivity contribution in [3.8, 4) is 5.75 Å². The predicted molar refractivity (Wildman–Crippen MR) is 75.8 cm³/mol. The third-order valence-corrected chi connectivity index (χ3v) is 3.60. The topological polar surface area (TPSA) is 31.4 Å². The quantitative estimate of drug-likeness (QED) is 0.804. The van der Waals surface area contributed by atoms with Gasteiger partial charge in [-0.3, -0.25) is 4.98 Å². The summed E-state index contributed by atoms with van der Waals surface area (Å²) in [5.41, 5.74) is 1.78. The molecule has 100 valence electrons. The number of rotatable bonds is 3. The first kappa shape index (κ1) is 12.7. The zero-order chi connectivity index (χ0) is 13.1. The number of alkyl halides is 1. The van der Waals surface area contributed by atoms with Gasteiger partial charge in [-0.1, -0.05) is 12.1 Å². The van der Waals surface area contributed by atoms with Gasteiger partial charge in [-0.15, -0.1) is 11.6 Å². The highest BCUT2D eigenvalue weighted by Crippen LogP contribution is 2.28. The van der Waals surface area contributed by atoms with E-state index in [1.54, 1.807) is 0 Å². The van der Waals surface area contributed by atoms with Crippen molar-refractivity contribution >= 4 is 22.5 Å². The fourth-order valence-electron chi connectivity index (χ4n) is 2.33. The molecule has 0 unspecified atom stereocenters. The number of aromatic nitrogens is 1. The summed E-state index contributed by atoms with van der Waals surface area (Å²) in [5.74, 6) is 1.28. The summed E-state index contributed by atoms with van der Waals surface area (Å²) in [7, 11) is 0. The van der Waals surface area contributed by atoms with Crippen molar-refractivity contribution in [1.82, 2.24) is 4.98 Å². The van der Waals surface area contributed by atoms with Gasteiger partial charge in [0.15, 0.2) is 0 Å². The van der Waals surface area contributed by atoms with Gasteiger partial charge in [-0.05, 0) is 12.1 Å². The second kappa shape index (κ2) is 5.76. The van der Waals surface area contributed by atoms with Crippen LogP contribution >= 0.6 is 11.6 Å².